The minimum absolute atomic E-state index is 0.247. The molecule has 0 spiro atoms. The van der Waals surface area contributed by atoms with Gasteiger partial charge in [0.1, 0.15) is 0 Å². The van der Waals surface area contributed by atoms with Gasteiger partial charge >= 0.3 is 7.82 Å². The van der Waals surface area contributed by atoms with Gasteiger partial charge in [0.05, 0.1) is 12.7 Å². The van der Waals surface area contributed by atoms with Gasteiger partial charge in [0, 0.05) is 6.42 Å². The SMILES string of the molecule is CCCCC(CC)COP(=O)(O)OC(Cc1ccccc1)c1ccccc1. The van der Waals surface area contributed by atoms with Crippen LogP contribution in [0.25, 0.3) is 0 Å². The van der Waals surface area contributed by atoms with E-state index >= 15 is 0 Å². The first kappa shape index (κ1) is 21.8. The van der Waals surface area contributed by atoms with Gasteiger partial charge in [-0.2, -0.15) is 0 Å². The maximum atomic E-state index is 12.6. The molecule has 148 valence electrons. The molecule has 0 heterocycles. The number of rotatable bonds is 12. The van der Waals surface area contributed by atoms with Gasteiger partial charge in [0.2, 0.25) is 0 Å². The Hall–Kier alpha value is -1.45. The molecular formula is C22H31O4P. The van der Waals surface area contributed by atoms with Crippen molar-refractivity contribution in [1.29, 1.82) is 0 Å². The van der Waals surface area contributed by atoms with Crippen molar-refractivity contribution < 1.29 is 18.5 Å². The lowest BCUT2D eigenvalue weighted by molar-refractivity contribution is 0.0906. The van der Waals surface area contributed by atoms with Crippen LogP contribution in [0.1, 0.15) is 56.8 Å². The van der Waals surface area contributed by atoms with Gasteiger partial charge in [-0.3, -0.25) is 9.05 Å². The molecule has 27 heavy (non-hydrogen) atoms. The summed E-state index contributed by atoms with van der Waals surface area (Å²) in [6, 6.07) is 19.3. The molecule has 2 rings (SSSR count). The summed E-state index contributed by atoms with van der Waals surface area (Å²) in [7, 11) is -4.15. The van der Waals surface area contributed by atoms with Crippen molar-refractivity contribution in [3.63, 3.8) is 0 Å². The molecule has 2 aromatic rings. The molecule has 0 saturated heterocycles. The van der Waals surface area contributed by atoms with E-state index in [4.69, 9.17) is 9.05 Å². The van der Waals surface area contributed by atoms with Gasteiger partial charge in [-0.15, -0.1) is 0 Å². The van der Waals surface area contributed by atoms with E-state index in [0.29, 0.717) is 6.42 Å². The third-order valence-corrected chi connectivity index (χ3v) is 5.71. The minimum Gasteiger partial charge on any atom is -0.302 e. The average molecular weight is 390 g/mol. The standard InChI is InChI=1S/C22H31O4P/c1-3-5-12-19(4-2)18-25-27(23,24)26-22(21-15-10-7-11-16-21)17-20-13-8-6-9-14-20/h6-11,13-16,19,22H,3-5,12,17-18H2,1-2H3,(H,23,24). The summed E-state index contributed by atoms with van der Waals surface area (Å²) in [5.41, 5.74) is 1.90. The summed E-state index contributed by atoms with van der Waals surface area (Å²) in [4.78, 5) is 10.3. The predicted molar refractivity (Wildman–Crippen MR) is 109 cm³/mol. The molecule has 0 aliphatic heterocycles. The van der Waals surface area contributed by atoms with E-state index < -0.39 is 13.9 Å². The van der Waals surface area contributed by atoms with Crippen LogP contribution in [-0.4, -0.2) is 11.5 Å². The van der Waals surface area contributed by atoms with Crippen molar-refractivity contribution in [2.24, 2.45) is 5.92 Å². The smallest absolute Gasteiger partial charge is 0.302 e. The third-order valence-electron chi connectivity index (χ3n) is 4.71. The summed E-state index contributed by atoms with van der Waals surface area (Å²) in [5, 5.41) is 0. The summed E-state index contributed by atoms with van der Waals surface area (Å²) >= 11 is 0. The van der Waals surface area contributed by atoms with Crippen LogP contribution in [0.4, 0.5) is 0 Å². The van der Waals surface area contributed by atoms with Gasteiger partial charge in [-0.05, 0) is 23.5 Å². The van der Waals surface area contributed by atoms with Crippen LogP contribution in [0, 0.1) is 5.92 Å². The second-order valence-corrected chi connectivity index (χ2v) is 8.28. The molecule has 0 radical (unpaired) electrons. The Balaban J connectivity index is 2.05. The average Bonchev–Trinajstić information content (AvgIpc) is 2.69. The molecule has 0 fully saturated rings. The van der Waals surface area contributed by atoms with Crippen LogP contribution in [0.3, 0.4) is 0 Å². The Kier molecular flexibility index (Phi) is 9.23. The molecule has 0 amide bonds. The Morgan fingerprint density at radius 1 is 1.00 bits per heavy atom. The lowest BCUT2D eigenvalue weighted by Gasteiger charge is -2.23. The van der Waals surface area contributed by atoms with E-state index in [1.807, 2.05) is 60.7 Å². The van der Waals surface area contributed by atoms with Crippen molar-refractivity contribution in [3.8, 4) is 0 Å². The van der Waals surface area contributed by atoms with Crippen LogP contribution in [-0.2, 0) is 20.0 Å². The molecule has 0 aromatic heterocycles. The largest absolute Gasteiger partial charge is 0.472 e. The number of hydrogen-bond acceptors (Lipinski definition) is 3. The maximum absolute atomic E-state index is 12.6. The highest BCUT2D eigenvalue weighted by Gasteiger charge is 2.28. The lowest BCUT2D eigenvalue weighted by Crippen LogP contribution is -2.12. The van der Waals surface area contributed by atoms with Crippen LogP contribution in [0.15, 0.2) is 60.7 Å². The van der Waals surface area contributed by atoms with E-state index in [-0.39, 0.29) is 12.5 Å². The van der Waals surface area contributed by atoms with Crippen LogP contribution in [0.5, 0.6) is 0 Å². The van der Waals surface area contributed by atoms with Crippen molar-refractivity contribution in [1.82, 2.24) is 0 Å². The molecule has 0 bridgehead atoms. The molecule has 1 N–H and O–H groups in total. The number of phosphoric ester groups is 1. The van der Waals surface area contributed by atoms with Crippen LogP contribution >= 0.6 is 7.82 Å². The summed E-state index contributed by atoms with van der Waals surface area (Å²) in [5.74, 6) is 0.276. The van der Waals surface area contributed by atoms with E-state index in [9.17, 15) is 9.46 Å². The number of hydrogen-bond donors (Lipinski definition) is 1. The van der Waals surface area contributed by atoms with Crippen molar-refractivity contribution >= 4 is 7.82 Å². The zero-order chi connectivity index (χ0) is 19.5. The van der Waals surface area contributed by atoms with Crippen LogP contribution in [0.2, 0.25) is 0 Å². The minimum atomic E-state index is -4.15. The fourth-order valence-electron chi connectivity index (χ4n) is 3.00. The Labute approximate surface area is 163 Å². The summed E-state index contributed by atoms with van der Waals surface area (Å²) in [6.45, 7) is 4.47. The normalized spacial score (nSPS) is 15.8. The first-order chi connectivity index (χ1) is 13.0. The van der Waals surface area contributed by atoms with Gasteiger partial charge in [0.15, 0.2) is 0 Å². The van der Waals surface area contributed by atoms with Crippen molar-refractivity contribution in [3.05, 3.63) is 71.8 Å². The fraction of sp³-hybridized carbons (Fsp3) is 0.455. The van der Waals surface area contributed by atoms with E-state index in [0.717, 1.165) is 36.8 Å². The van der Waals surface area contributed by atoms with Gasteiger partial charge in [-0.1, -0.05) is 93.8 Å². The van der Waals surface area contributed by atoms with Crippen molar-refractivity contribution in [2.45, 2.75) is 52.1 Å². The molecule has 0 saturated carbocycles. The zero-order valence-electron chi connectivity index (χ0n) is 16.3. The monoisotopic (exact) mass is 390 g/mol. The van der Waals surface area contributed by atoms with E-state index in [1.165, 1.54) is 0 Å². The molecule has 2 aromatic carbocycles. The Bertz CT molecular complexity index is 690. The Morgan fingerprint density at radius 3 is 2.22 bits per heavy atom. The van der Waals surface area contributed by atoms with E-state index in [2.05, 4.69) is 13.8 Å². The molecule has 4 nitrogen and oxygen atoms in total. The highest BCUT2D eigenvalue weighted by Crippen LogP contribution is 2.49. The highest BCUT2D eigenvalue weighted by molar-refractivity contribution is 7.47. The molecule has 5 heteroatoms. The molecular weight excluding hydrogens is 359 g/mol. The molecule has 3 atom stereocenters. The van der Waals surface area contributed by atoms with E-state index in [1.54, 1.807) is 0 Å². The first-order valence-electron chi connectivity index (χ1n) is 9.78. The molecule has 0 aliphatic rings. The summed E-state index contributed by atoms with van der Waals surface area (Å²) < 4.78 is 23.6. The maximum Gasteiger partial charge on any atom is 0.472 e. The van der Waals surface area contributed by atoms with Gasteiger partial charge in [-0.25, -0.2) is 4.57 Å². The third kappa shape index (κ3) is 7.98. The van der Waals surface area contributed by atoms with Crippen LogP contribution < -0.4 is 0 Å². The molecule has 3 unspecified atom stereocenters. The van der Waals surface area contributed by atoms with Gasteiger partial charge < -0.3 is 4.89 Å². The van der Waals surface area contributed by atoms with Crippen molar-refractivity contribution in [2.75, 3.05) is 6.61 Å². The number of unbranched alkanes of at least 4 members (excludes halogenated alkanes) is 1. The highest BCUT2D eigenvalue weighted by atomic mass is 31.2. The predicted octanol–water partition coefficient (Wildman–Crippen LogP) is 6.32. The second kappa shape index (κ2) is 11.4. The quantitative estimate of drug-likeness (QED) is 0.431. The first-order valence-corrected chi connectivity index (χ1v) is 11.3. The summed E-state index contributed by atoms with van der Waals surface area (Å²) in [6.07, 6.45) is 4.09. The fourth-order valence-corrected chi connectivity index (χ4v) is 3.98. The number of benzene rings is 2. The number of phosphoric acid groups is 1. The Morgan fingerprint density at radius 2 is 1.63 bits per heavy atom. The topological polar surface area (TPSA) is 55.8 Å². The second-order valence-electron chi connectivity index (χ2n) is 6.88. The zero-order valence-corrected chi connectivity index (χ0v) is 17.2. The van der Waals surface area contributed by atoms with Gasteiger partial charge in [0.25, 0.3) is 0 Å². The lowest BCUT2D eigenvalue weighted by atomic mass is 10.0. The molecule has 0 aliphatic carbocycles.